The van der Waals surface area contributed by atoms with Crippen molar-refractivity contribution in [2.45, 2.75) is 26.7 Å². The van der Waals surface area contributed by atoms with Gasteiger partial charge in [-0.3, -0.25) is 4.98 Å². The zero-order valence-electron chi connectivity index (χ0n) is 8.58. The smallest absolute Gasteiger partial charge is 0.0776 e. The minimum absolute atomic E-state index is 0.0583. The van der Waals surface area contributed by atoms with E-state index in [0.717, 1.165) is 10.0 Å². The van der Waals surface area contributed by atoms with Gasteiger partial charge in [0.05, 0.1) is 12.0 Å². The standard InChI is InChI=1S/C11H13BrN2/c1-11(2,3)10(5-13)8-4-9(12)7-14-6-8/h4,6-7,10H,1-3H3. The van der Waals surface area contributed by atoms with Crippen LogP contribution in [0, 0.1) is 16.7 Å². The minimum Gasteiger partial charge on any atom is -0.263 e. The van der Waals surface area contributed by atoms with Crippen molar-refractivity contribution in [1.82, 2.24) is 4.98 Å². The lowest BCUT2D eigenvalue weighted by atomic mass is 9.78. The third-order valence-corrected chi connectivity index (χ3v) is 2.49. The predicted molar refractivity (Wildman–Crippen MR) is 59.7 cm³/mol. The summed E-state index contributed by atoms with van der Waals surface area (Å²) in [5.74, 6) is -0.118. The third-order valence-electron chi connectivity index (χ3n) is 2.05. The number of halogens is 1. The number of nitrogens with zero attached hydrogens (tertiary/aromatic N) is 2. The Bertz CT molecular complexity index is 360. The van der Waals surface area contributed by atoms with E-state index in [9.17, 15) is 0 Å². The van der Waals surface area contributed by atoms with Gasteiger partial charge < -0.3 is 0 Å². The van der Waals surface area contributed by atoms with Crippen LogP contribution < -0.4 is 0 Å². The Labute approximate surface area is 93.1 Å². The summed E-state index contributed by atoms with van der Waals surface area (Å²) >= 11 is 3.35. The van der Waals surface area contributed by atoms with Crippen LogP contribution in [0.1, 0.15) is 32.3 Å². The van der Waals surface area contributed by atoms with Gasteiger partial charge in [-0.05, 0) is 33.0 Å². The molecule has 0 N–H and O–H groups in total. The Balaban J connectivity index is 3.09. The minimum atomic E-state index is -0.118. The van der Waals surface area contributed by atoms with Gasteiger partial charge in [-0.25, -0.2) is 0 Å². The molecular weight excluding hydrogens is 240 g/mol. The topological polar surface area (TPSA) is 36.7 Å². The van der Waals surface area contributed by atoms with Gasteiger partial charge in [-0.1, -0.05) is 20.8 Å². The molecule has 1 heterocycles. The number of hydrogen-bond acceptors (Lipinski definition) is 2. The molecule has 0 saturated heterocycles. The van der Waals surface area contributed by atoms with E-state index in [1.54, 1.807) is 12.4 Å². The van der Waals surface area contributed by atoms with E-state index in [1.807, 2.05) is 6.07 Å². The maximum absolute atomic E-state index is 9.11. The molecule has 0 aliphatic rings. The van der Waals surface area contributed by atoms with Gasteiger partial charge in [0.2, 0.25) is 0 Å². The van der Waals surface area contributed by atoms with Gasteiger partial charge in [0.15, 0.2) is 0 Å². The second-order valence-corrected chi connectivity index (χ2v) is 5.28. The van der Waals surface area contributed by atoms with Crippen LogP contribution in [0.5, 0.6) is 0 Å². The maximum Gasteiger partial charge on any atom is 0.0776 e. The Hall–Kier alpha value is -0.880. The molecule has 1 aromatic rings. The molecule has 74 valence electrons. The van der Waals surface area contributed by atoms with Crippen LogP contribution >= 0.6 is 15.9 Å². The highest BCUT2D eigenvalue weighted by molar-refractivity contribution is 9.10. The van der Waals surface area contributed by atoms with Crippen molar-refractivity contribution in [2.75, 3.05) is 0 Å². The van der Waals surface area contributed by atoms with Gasteiger partial charge in [0.1, 0.15) is 0 Å². The average Bonchev–Trinajstić information content (AvgIpc) is 2.02. The number of nitriles is 1. The van der Waals surface area contributed by atoms with Gasteiger partial charge in [0.25, 0.3) is 0 Å². The van der Waals surface area contributed by atoms with Crippen LogP contribution in [0.15, 0.2) is 22.9 Å². The van der Waals surface area contributed by atoms with Gasteiger partial charge >= 0.3 is 0 Å². The van der Waals surface area contributed by atoms with Gasteiger partial charge in [-0.15, -0.1) is 0 Å². The fourth-order valence-corrected chi connectivity index (χ4v) is 1.74. The first-order valence-electron chi connectivity index (χ1n) is 4.45. The molecule has 0 amide bonds. The molecule has 0 aliphatic carbocycles. The number of pyridine rings is 1. The maximum atomic E-state index is 9.11. The molecule has 1 rings (SSSR count). The summed E-state index contributed by atoms with van der Waals surface area (Å²) in [5, 5.41) is 9.11. The average molecular weight is 253 g/mol. The number of aromatic nitrogens is 1. The Morgan fingerprint density at radius 1 is 1.43 bits per heavy atom. The Morgan fingerprint density at radius 2 is 2.07 bits per heavy atom. The molecule has 1 aromatic heterocycles. The van der Waals surface area contributed by atoms with Crippen molar-refractivity contribution >= 4 is 15.9 Å². The number of rotatable bonds is 1. The van der Waals surface area contributed by atoms with Crippen molar-refractivity contribution in [3.05, 3.63) is 28.5 Å². The van der Waals surface area contributed by atoms with E-state index < -0.39 is 0 Å². The summed E-state index contributed by atoms with van der Waals surface area (Å²) in [7, 11) is 0. The van der Waals surface area contributed by atoms with Crippen molar-refractivity contribution < 1.29 is 0 Å². The molecule has 3 heteroatoms. The molecular formula is C11H13BrN2. The Kier molecular flexibility index (Phi) is 3.28. The van der Waals surface area contributed by atoms with Gasteiger partial charge in [0, 0.05) is 16.9 Å². The third kappa shape index (κ3) is 2.55. The second kappa shape index (κ2) is 4.10. The van der Waals surface area contributed by atoms with Crippen LogP contribution in [-0.2, 0) is 0 Å². The summed E-state index contributed by atoms with van der Waals surface area (Å²) in [6.45, 7) is 6.17. The monoisotopic (exact) mass is 252 g/mol. The molecule has 0 aromatic carbocycles. The quantitative estimate of drug-likeness (QED) is 0.768. The summed E-state index contributed by atoms with van der Waals surface area (Å²) in [5.41, 5.74) is 0.909. The van der Waals surface area contributed by atoms with E-state index in [4.69, 9.17) is 5.26 Å². The predicted octanol–water partition coefficient (Wildman–Crippen LogP) is 3.50. The fraction of sp³-hybridized carbons (Fsp3) is 0.455. The van der Waals surface area contributed by atoms with Crippen molar-refractivity contribution in [2.24, 2.45) is 5.41 Å². The molecule has 14 heavy (non-hydrogen) atoms. The zero-order chi connectivity index (χ0) is 10.8. The van der Waals surface area contributed by atoms with Crippen LogP contribution in [-0.4, -0.2) is 4.98 Å². The van der Waals surface area contributed by atoms with E-state index in [-0.39, 0.29) is 11.3 Å². The normalized spacial score (nSPS) is 13.4. The SMILES string of the molecule is CC(C)(C)C(C#N)c1cncc(Br)c1. The van der Waals surface area contributed by atoms with E-state index >= 15 is 0 Å². The second-order valence-electron chi connectivity index (χ2n) is 4.36. The first-order chi connectivity index (χ1) is 6.45. The van der Waals surface area contributed by atoms with E-state index in [2.05, 4.69) is 47.8 Å². The lowest BCUT2D eigenvalue weighted by Gasteiger charge is -2.24. The van der Waals surface area contributed by atoms with Crippen molar-refractivity contribution in [3.63, 3.8) is 0 Å². The molecule has 1 unspecified atom stereocenters. The van der Waals surface area contributed by atoms with Crippen LogP contribution in [0.25, 0.3) is 0 Å². The van der Waals surface area contributed by atoms with Crippen LogP contribution in [0.2, 0.25) is 0 Å². The summed E-state index contributed by atoms with van der Waals surface area (Å²) in [4.78, 5) is 4.07. The zero-order valence-corrected chi connectivity index (χ0v) is 10.2. The molecule has 0 bridgehead atoms. The molecule has 1 atom stereocenters. The van der Waals surface area contributed by atoms with Crippen molar-refractivity contribution in [3.8, 4) is 6.07 Å². The van der Waals surface area contributed by atoms with Crippen LogP contribution in [0.4, 0.5) is 0 Å². The van der Waals surface area contributed by atoms with Gasteiger partial charge in [-0.2, -0.15) is 5.26 Å². The lowest BCUT2D eigenvalue weighted by molar-refractivity contribution is 0.372. The molecule has 2 nitrogen and oxygen atoms in total. The molecule has 0 spiro atoms. The molecule has 0 radical (unpaired) electrons. The molecule has 0 saturated carbocycles. The lowest BCUT2D eigenvalue weighted by Crippen LogP contribution is -2.16. The van der Waals surface area contributed by atoms with Crippen molar-refractivity contribution in [1.29, 1.82) is 5.26 Å². The largest absolute Gasteiger partial charge is 0.263 e. The summed E-state index contributed by atoms with van der Waals surface area (Å²) < 4.78 is 0.916. The highest BCUT2D eigenvalue weighted by Gasteiger charge is 2.26. The summed E-state index contributed by atoms with van der Waals surface area (Å²) in [6, 6.07) is 4.28. The van der Waals surface area contributed by atoms with Crippen LogP contribution in [0.3, 0.4) is 0 Å². The first kappa shape index (κ1) is 11.2. The molecule has 0 aliphatic heterocycles. The fourth-order valence-electron chi connectivity index (χ4n) is 1.35. The summed E-state index contributed by atoms with van der Waals surface area (Å²) in [6.07, 6.45) is 3.48. The van der Waals surface area contributed by atoms with E-state index in [0.29, 0.717) is 0 Å². The molecule has 0 fully saturated rings. The highest BCUT2D eigenvalue weighted by Crippen LogP contribution is 2.34. The highest BCUT2D eigenvalue weighted by atomic mass is 79.9. The first-order valence-corrected chi connectivity index (χ1v) is 5.24. The Morgan fingerprint density at radius 3 is 2.50 bits per heavy atom. The van der Waals surface area contributed by atoms with E-state index in [1.165, 1.54) is 0 Å². The number of hydrogen-bond donors (Lipinski definition) is 0.